The van der Waals surface area contributed by atoms with Gasteiger partial charge in [-0.1, -0.05) is 45.7 Å². The number of rotatable bonds is 4. The second-order valence-electron chi connectivity index (χ2n) is 4.38. The summed E-state index contributed by atoms with van der Waals surface area (Å²) in [6, 6.07) is 10.8. The van der Waals surface area contributed by atoms with Gasteiger partial charge >= 0.3 is 6.18 Å². The largest absolute Gasteiger partial charge is 0.488 e. The first-order chi connectivity index (χ1) is 9.90. The Morgan fingerprint density at radius 3 is 2.19 bits per heavy atom. The molecule has 21 heavy (non-hydrogen) atoms. The Kier molecular flexibility index (Phi) is 5.17. The minimum absolute atomic E-state index is 0.0495. The number of ether oxygens (including phenoxy) is 1. The highest BCUT2D eigenvalue weighted by atomic mass is 79.9. The maximum atomic E-state index is 13.0. The molecule has 0 saturated heterocycles. The maximum absolute atomic E-state index is 13.0. The van der Waals surface area contributed by atoms with Crippen LogP contribution in [-0.4, -0.2) is 0 Å². The molecule has 6 heteroatoms. The normalized spacial score (nSPS) is 11.5. The summed E-state index contributed by atoms with van der Waals surface area (Å²) in [7, 11) is 0. The van der Waals surface area contributed by atoms with Crippen molar-refractivity contribution >= 4 is 27.5 Å². The molecule has 0 spiro atoms. The van der Waals surface area contributed by atoms with Crippen LogP contribution in [0.2, 0.25) is 5.02 Å². The van der Waals surface area contributed by atoms with Gasteiger partial charge in [-0.3, -0.25) is 0 Å². The maximum Gasteiger partial charge on any atom is 0.419 e. The SMILES string of the molecule is FC(F)(F)c1cc(CBr)ccc1OCc1ccc(Cl)cc1. The zero-order valence-corrected chi connectivity index (χ0v) is 13.1. The van der Waals surface area contributed by atoms with Crippen molar-refractivity contribution in [3.63, 3.8) is 0 Å². The molecule has 0 saturated carbocycles. The van der Waals surface area contributed by atoms with Gasteiger partial charge in [0, 0.05) is 10.4 Å². The summed E-state index contributed by atoms with van der Waals surface area (Å²) < 4.78 is 44.4. The Morgan fingerprint density at radius 2 is 1.62 bits per heavy atom. The molecule has 0 heterocycles. The fourth-order valence-electron chi connectivity index (χ4n) is 1.75. The third-order valence-electron chi connectivity index (χ3n) is 2.81. The summed E-state index contributed by atoms with van der Waals surface area (Å²) in [5.41, 5.74) is 0.520. The van der Waals surface area contributed by atoms with Crippen LogP contribution >= 0.6 is 27.5 Å². The third-order valence-corrected chi connectivity index (χ3v) is 3.71. The molecule has 0 unspecified atom stereocenters. The highest BCUT2D eigenvalue weighted by Crippen LogP contribution is 2.37. The molecule has 112 valence electrons. The summed E-state index contributed by atoms with van der Waals surface area (Å²) in [6.07, 6.45) is -4.45. The molecule has 0 amide bonds. The van der Waals surface area contributed by atoms with Crippen LogP contribution in [0, 0.1) is 0 Å². The summed E-state index contributed by atoms with van der Waals surface area (Å²) in [4.78, 5) is 0. The smallest absolute Gasteiger partial charge is 0.419 e. The Hall–Kier alpha value is -1.20. The molecule has 0 aliphatic carbocycles. The molecule has 2 rings (SSSR count). The van der Waals surface area contributed by atoms with Crippen LogP contribution in [0.3, 0.4) is 0 Å². The van der Waals surface area contributed by atoms with Crippen LogP contribution in [0.1, 0.15) is 16.7 Å². The van der Waals surface area contributed by atoms with Gasteiger partial charge in [-0.2, -0.15) is 13.2 Å². The lowest BCUT2D eigenvalue weighted by Gasteiger charge is -2.15. The standard InChI is InChI=1S/C15H11BrClF3O/c16-8-11-3-6-14(13(7-11)15(18,19)20)21-9-10-1-4-12(17)5-2-10/h1-7H,8-9H2. The topological polar surface area (TPSA) is 9.23 Å². The molecule has 0 fully saturated rings. The Bertz CT molecular complexity index is 611. The van der Waals surface area contributed by atoms with E-state index in [1.807, 2.05) is 0 Å². The summed E-state index contributed by atoms with van der Waals surface area (Å²) >= 11 is 8.90. The summed E-state index contributed by atoms with van der Waals surface area (Å²) in [5, 5.41) is 0.921. The fraction of sp³-hybridized carbons (Fsp3) is 0.200. The average Bonchev–Trinajstić information content (AvgIpc) is 2.45. The molecule has 0 atom stereocenters. The van der Waals surface area contributed by atoms with E-state index >= 15 is 0 Å². The van der Waals surface area contributed by atoms with Gasteiger partial charge in [0.2, 0.25) is 0 Å². The molecule has 2 aromatic carbocycles. The minimum atomic E-state index is -4.45. The van der Waals surface area contributed by atoms with Crippen molar-refractivity contribution in [3.8, 4) is 5.75 Å². The highest BCUT2D eigenvalue weighted by molar-refractivity contribution is 9.08. The van der Waals surface area contributed by atoms with Crippen LogP contribution in [0.25, 0.3) is 0 Å². The predicted molar refractivity (Wildman–Crippen MR) is 79.9 cm³/mol. The number of hydrogen-bond acceptors (Lipinski definition) is 1. The molecule has 0 bridgehead atoms. The van der Waals surface area contributed by atoms with E-state index in [1.165, 1.54) is 6.07 Å². The Balaban J connectivity index is 2.21. The predicted octanol–water partition coefficient (Wildman–Crippen LogP) is 5.83. The van der Waals surface area contributed by atoms with Crippen molar-refractivity contribution in [2.24, 2.45) is 0 Å². The van der Waals surface area contributed by atoms with Gasteiger partial charge in [0.25, 0.3) is 0 Å². The zero-order chi connectivity index (χ0) is 15.5. The van der Waals surface area contributed by atoms with E-state index in [-0.39, 0.29) is 12.4 Å². The summed E-state index contributed by atoms with van der Waals surface area (Å²) in [6.45, 7) is 0.0495. The molecule has 2 aromatic rings. The molecule has 0 aliphatic heterocycles. The quantitative estimate of drug-likeness (QED) is 0.607. The van der Waals surface area contributed by atoms with Crippen LogP contribution in [0.4, 0.5) is 13.2 Å². The summed E-state index contributed by atoms with van der Waals surface area (Å²) in [5.74, 6) is -0.179. The number of benzene rings is 2. The molecule has 1 nitrogen and oxygen atoms in total. The van der Waals surface area contributed by atoms with Gasteiger partial charge in [0.15, 0.2) is 0 Å². The molecular formula is C15H11BrClF3O. The van der Waals surface area contributed by atoms with E-state index in [0.29, 0.717) is 15.9 Å². The van der Waals surface area contributed by atoms with Gasteiger partial charge in [0.1, 0.15) is 12.4 Å². The van der Waals surface area contributed by atoms with Crippen molar-refractivity contribution in [1.29, 1.82) is 0 Å². The van der Waals surface area contributed by atoms with E-state index in [9.17, 15) is 13.2 Å². The Labute approximate surface area is 133 Å². The minimum Gasteiger partial charge on any atom is -0.488 e. The first-order valence-electron chi connectivity index (χ1n) is 6.03. The lowest BCUT2D eigenvalue weighted by Crippen LogP contribution is -2.09. The molecule has 0 N–H and O–H groups in total. The van der Waals surface area contributed by atoms with Gasteiger partial charge in [-0.15, -0.1) is 0 Å². The van der Waals surface area contributed by atoms with Gasteiger partial charge in [0.05, 0.1) is 5.56 Å². The van der Waals surface area contributed by atoms with Crippen LogP contribution in [0.5, 0.6) is 5.75 Å². The van der Waals surface area contributed by atoms with Gasteiger partial charge < -0.3 is 4.74 Å². The van der Waals surface area contributed by atoms with Crippen LogP contribution in [0.15, 0.2) is 42.5 Å². The monoisotopic (exact) mass is 378 g/mol. The van der Waals surface area contributed by atoms with Crippen molar-refractivity contribution < 1.29 is 17.9 Å². The van der Waals surface area contributed by atoms with E-state index in [2.05, 4.69) is 15.9 Å². The van der Waals surface area contributed by atoms with E-state index in [4.69, 9.17) is 16.3 Å². The van der Waals surface area contributed by atoms with E-state index < -0.39 is 11.7 Å². The first kappa shape index (κ1) is 16.2. The van der Waals surface area contributed by atoms with Gasteiger partial charge in [-0.05, 0) is 35.4 Å². The molecule has 0 radical (unpaired) electrons. The van der Waals surface area contributed by atoms with Crippen LogP contribution < -0.4 is 4.74 Å². The fourth-order valence-corrected chi connectivity index (χ4v) is 2.22. The Morgan fingerprint density at radius 1 is 1.00 bits per heavy atom. The van der Waals surface area contributed by atoms with Crippen molar-refractivity contribution in [1.82, 2.24) is 0 Å². The van der Waals surface area contributed by atoms with E-state index in [1.54, 1.807) is 30.3 Å². The first-order valence-corrected chi connectivity index (χ1v) is 7.53. The number of halogens is 5. The zero-order valence-electron chi connectivity index (χ0n) is 10.8. The van der Waals surface area contributed by atoms with Crippen molar-refractivity contribution in [2.45, 2.75) is 18.1 Å². The second-order valence-corrected chi connectivity index (χ2v) is 5.37. The van der Waals surface area contributed by atoms with Crippen LogP contribution in [-0.2, 0) is 18.1 Å². The van der Waals surface area contributed by atoms with Crippen molar-refractivity contribution in [2.75, 3.05) is 0 Å². The third kappa shape index (κ3) is 4.38. The lowest BCUT2D eigenvalue weighted by atomic mass is 10.1. The molecule has 0 aromatic heterocycles. The molecular weight excluding hydrogens is 369 g/mol. The lowest BCUT2D eigenvalue weighted by molar-refractivity contribution is -0.139. The highest BCUT2D eigenvalue weighted by Gasteiger charge is 2.34. The average molecular weight is 380 g/mol. The molecule has 0 aliphatic rings. The number of alkyl halides is 4. The van der Waals surface area contributed by atoms with E-state index in [0.717, 1.165) is 11.6 Å². The number of hydrogen-bond donors (Lipinski definition) is 0. The van der Waals surface area contributed by atoms with Crippen molar-refractivity contribution in [3.05, 3.63) is 64.2 Å². The van der Waals surface area contributed by atoms with Gasteiger partial charge in [-0.25, -0.2) is 0 Å². The second kappa shape index (κ2) is 6.71.